The second-order valence-electron chi connectivity index (χ2n) is 5.75. The van der Waals surface area contributed by atoms with Gasteiger partial charge in [-0.15, -0.1) is 0 Å². The Kier molecular flexibility index (Phi) is 5.95. The molecule has 7 nitrogen and oxygen atoms in total. The topological polar surface area (TPSA) is 107 Å². The van der Waals surface area contributed by atoms with Crippen LogP contribution in [0.4, 0.5) is 0 Å². The van der Waals surface area contributed by atoms with Crippen LogP contribution in [0.5, 0.6) is 0 Å². The first-order chi connectivity index (χ1) is 11.3. The minimum Gasteiger partial charge on any atom is -0.460 e. The smallest absolute Gasteiger partial charge is 0.324 e. The summed E-state index contributed by atoms with van der Waals surface area (Å²) in [6, 6.07) is 5.66. The number of carbonyl (C=O) groups excluding carboxylic acids is 2. The second-order valence-corrected chi connectivity index (χ2v) is 7.79. The molecule has 8 heteroatoms. The van der Waals surface area contributed by atoms with Gasteiger partial charge in [0.2, 0.25) is 15.9 Å². The fraction of sp³-hybridized carbons (Fsp3) is 0.500. The number of esters is 1. The summed E-state index contributed by atoms with van der Waals surface area (Å²) < 4.78 is 30.9. The third kappa shape index (κ3) is 4.33. The Hall–Kier alpha value is -1.93. The summed E-state index contributed by atoms with van der Waals surface area (Å²) in [4.78, 5) is 23.3. The Morgan fingerprint density at radius 1 is 1.29 bits per heavy atom. The Morgan fingerprint density at radius 3 is 2.54 bits per heavy atom. The van der Waals surface area contributed by atoms with Crippen LogP contribution < -0.4 is 5.73 Å². The molecule has 1 aromatic rings. The van der Waals surface area contributed by atoms with Gasteiger partial charge in [-0.2, -0.15) is 4.31 Å². The lowest BCUT2D eigenvalue weighted by Crippen LogP contribution is -2.42. The van der Waals surface area contributed by atoms with Gasteiger partial charge in [-0.25, -0.2) is 8.42 Å². The van der Waals surface area contributed by atoms with E-state index in [1.165, 1.54) is 4.31 Å². The SMILES string of the molecule is CCCS(=O)(=O)N1CCC[C@H]1C(=O)OCc1ccc(C(N)=O)cc1. The molecule has 0 aromatic heterocycles. The number of hydrogen-bond acceptors (Lipinski definition) is 5. The van der Waals surface area contributed by atoms with Crippen LogP contribution in [0.15, 0.2) is 24.3 Å². The van der Waals surface area contributed by atoms with E-state index in [-0.39, 0.29) is 12.4 Å². The van der Waals surface area contributed by atoms with E-state index in [0.717, 1.165) is 0 Å². The lowest BCUT2D eigenvalue weighted by atomic mass is 10.1. The summed E-state index contributed by atoms with van der Waals surface area (Å²) in [5.41, 5.74) is 6.24. The first-order valence-electron chi connectivity index (χ1n) is 7.90. The molecule has 0 radical (unpaired) electrons. The zero-order chi connectivity index (χ0) is 17.7. The van der Waals surface area contributed by atoms with E-state index in [2.05, 4.69) is 0 Å². The Labute approximate surface area is 141 Å². The number of rotatable bonds is 7. The Morgan fingerprint density at radius 2 is 1.96 bits per heavy atom. The number of benzene rings is 1. The first kappa shape index (κ1) is 18.4. The van der Waals surface area contributed by atoms with Crippen molar-refractivity contribution < 1.29 is 22.7 Å². The number of ether oxygens (including phenoxy) is 1. The maximum absolute atomic E-state index is 12.3. The molecule has 1 heterocycles. The van der Waals surface area contributed by atoms with Crippen molar-refractivity contribution in [1.82, 2.24) is 4.31 Å². The normalized spacial score (nSPS) is 18.5. The van der Waals surface area contributed by atoms with Crippen molar-refractivity contribution in [2.24, 2.45) is 5.73 Å². The average Bonchev–Trinajstić information content (AvgIpc) is 3.03. The number of sulfonamides is 1. The van der Waals surface area contributed by atoms with Crippen LogP contribution in [0.25, 0.3) is 0 Å². The molecule has 1 fully saturated rings. The van der Waals surface area contributed by atoms with Gasteiger partial charge in [0.25, 0.3) is 0 Å². The van der Waals surface area contributed by atoms with Crippen molar-refractivity contribution in [3.63, 3.8) is 0 Å². The standard InChI is InChI=1S/C16H22N2O5S/c1-2-10-24(21,22)18-9-3-4-14(18)16(20)23-11-12-5-7-13(8-6-12)15(17)19/h5-8,14H,2-4,9-11H2,1H3,(H2,17,19)/t14-/m0/s1. The van der Waals surface area contributed by atoms with Gasteiger partial charge in [-0.3, -0.25) is 9.59 Å². The summed E-state index contributed by atoms with van der Waals surface area (Å²) in [7, 11) is -3.42. The monoisotopic (exact) mass is 354 g/mol. The highest BCUT2D eigenvalue weighted by atomic mass is 32.2. The first-order valence-corrected chi connectivity index (χ1v) is 9.51. The molecule has 0 saturated carbocycles. The lowest BCUT2D eigenvalue weighted by molar-refractivity contribution is -0.148. The predicted molar refractivity (Wildman–Crippen MR) is 88.6 cm³/mol. The lowest BCUT2D eigenvalue weighted by Gasteiger charge is -2.22. The van der Waals surface area contributed by atoms with Crippen LogP contribution in [0.1, 0.15) is 42.1 Å². The highest BCUT2D eigenvalue weighted by Crippen LogP contribution is 2.23. The van der Waals surface area contributed by atoms with Gasteiger partial charge < -0.3 is 10.5 Å². The van der Waals surface area contributed by atoms with Crippen molar-refractivity contribution >= 4 is 21.9 Å². The molecule has 1 aromatic carbocycles. The molecule has 1 saturated heterocycles. The molecule has 2 N–H and O–H groups in total. The molecule has 24 heavy (non-hydrogen) atoms. The van der Waals surface area contributed by atoms with E-state index in [1.54, 1.807) is 31.2 Å². The Balaban J connectivity index is 1.97. The van der Waals surface area contributed by atoms with Crippen molar-refractivity contribution in [3.8, 4) is 0 Å². The molecule has 0 spiro atoms. The van der Waals surface area contributed by atoms with Crippen molar-refractivity contribution in [2.75, 3.05) is 12.3 Å². The fourth-order valence-electron chi connectivity index (χ4n) is 2.70. The van der Waals surface area contributed by atoms with Crippen molar-refractivity contribution in [3.05, 3.63) is 35.4 Å². The van der Waals surface area contributed by atoms with Crippen molar-refractivity contribution in [2.45, 2.75) is 38.8 Å². The van der Waals surface area contributed by atoms with Gasteiger partial charge in [0.05, 0.1) is 5.75 Å². The third-order valence-corrected chi connectivity index (χ3v) is 5.99. The van der Waals surface area contributed by atoms with Crippen LogP contribution in [0, 0.1) is 0 Å². The molecular weight excluding hydrogens is 332 g/mol. The largest absolute Gasteiger partial charge is 0.460 e. The predicted octanol–water partition coefficient (Wildman–Crippen LogP) is 1.03. The number of nitrogens with two attached hydrogens (primary N) is 1. The summed E-state index contributed by atoms with van der Waals surface area (Å²) in [6.45, 7) is 2.17. The molecule has 132 valence electrons. The molecule has 1 atom stereocenters. The molecule has 0 bridgehead atoms. The minimum atomic E-state index is -3.42. The van der Waals surface area contributed by atoms with E-state index in [9.17, 15) is 18.0 Å². The van der Waals surface area contributed by atoms with Gasteiger partial charge in [0.15, 0.2) is 0 Å². The molecule has 1 aliphatic heterocycles. The molecule has 1 amide bonds. The van der Waals surface area contributed by atoms with Crippen LogP contribution in [0.2, 0.25) is 0 Å². The van der Waals surface area contributed by atoms with Gasteiger partial charge in [0, 0.05) is 12.1 Å². The quantitative estimate of drug-likeness (QED) is 0.736. The minimum absolute atomic E-state index is 0.0238. The molecule has 0 unspecified atom stereocenters. The highest BCUT2D eigenvalue weighted by Gasteiger charge is 2.39. The van der Waals surface area contributed by atoms with Crippen LogP contribution in [-0.2, 0) is 26.2 Å². The maximum atomic E-state index is 12.3. The van der Waals surface area contributed by atoms with Crippen molar-refractivity contribution in [1.29, 1.82) is 0 Å². The third-order valence-electron chi connectivity index (χ3n) is 3.91. The van der Waals surface area contributed by atoms with E-state index < -0.39 is 27.9 Å². The molecule has 2 rings (SSSR count). The summed E-state index contributed by atoms with van der Waals surface area (Å²) in [5.74, 6) is -1.03. The number of amides is 1. The van der Waals surface area contributed by atoms with Crippen LogP contribution in [0.3, 0.4) is 0 Å². The zero-order valence-corrected chi connectivity index (χ0v) is 14.4. The van der Waals surface area contributed by atoms with Gasteiger partial charge in [0.1, 0.15) is 12.6 Å². The number of hydrogen-bond donors (Lipinski definition) is 1. The highest BCUT2D eigenvalue weighted by molar-refractivity contribution is 7.89. The number of primary amides is 1. The van der Waals surface area contributed by atoms with Gasteiger partial charge in [-0.05, 0) is 37.0 Å². The van der Waals surface area contributed by atoms with Gasteiger partial charge in [-0.1, -0.05) is 19.1 Å². The fourth-order valence-corrected chi connectivity index (χ4v) is 4.44. The zero-order valence-electron chi connectivity index (χ0n) is 13.6. The van der Waals surface area contributed by atoms with Gasteiger partial charge >= 0.3 is 5.97 Å². The number of carbonyl (C=O) groups is 2. The summed E-state index contributed by atoms with van der Waals surface area (Å²) in [5, 5.41) is 0. The van der Waals surface area contributed by atoms with E-state index in [4.69, 9.17) is 10.5 Å². The Bertz CT molecular complexity index is 700. The van der Waals surface area contributed by atoms with E-state index in [0.29, 0.717) is 36.9 Å². The molecule has 1 aliphatic rings. The van der Waals surface area contributed by atoms with Crippen LogP contribution >= 0.6 is 0 Å². The summed E-state index contributed by atoms with van der Waals surface area (Å²) in [6.07, 6.45) is 1.63. The maximum Gasteiger partial charge on any atom is 0.324 e. The number of nitrogens with zero attached hydrogens (tertiary/aromatic N) is 1. The average molecular weight is 354 g/mol. The van der Waals surface area contributed by atoms with E-state index >= 15 is 0 Å². The van der Waals surface area contributed by atoms with Crippen LogP contribution in [-0.4, -0.2) is 42.9 Å². The van der Waals surface area contributed by atoms with E-state index in [1.807, 2.05) is 0 Å². The second kappa shape index (κ2) is 7.76. The summed E-state index contributed by atoms with van der Waals surface area (Å²) >= 11 is 0. The molecular formula is C16H22N2O5S. The molecule has 0 aliphatic carbocycles.